The number of hydrogen-bond acceptors (Lipinski definition) is 3. The summed E-state index contributed by atoms with van der Waals surface area (Å²) in [5.41, 5.74) is 1.78. The van der Waals surface area contributed by atoms with E-state index >= 15 is 0 Å². The minimum Gasteiger partial charge on any atom is -0.481 e. The Morgan fingerprint density at radius 1 is 1.47 bits per heavy atom. The molecule has 0 fully saturated rings. The smallest absolute Gasteiger partial charge is 0.303 e. The third-order valence-electron chi connectivity index (χ3n) is 3.22. The van der Waals surface area contributed by atoms with E-state index in [0.29, 0.717) is 18.6 Å². The molecule has 5 heteroatoms. The molecule has 19 heavy (non-hydrogen) atoms. The van der Waals surface area contributed by atoms with Gasteiger partial charge in [0.15, 0.2) is 6.10 Å². The normalized spacial score (nSPS) is 17.9. The Morgan fingerprint density at radius 2 is 2.21 bits per heavy atom. The van der Waals surface area contributed by atoms with Crippen LogP contribution in [-0.2, 0) is 16.0 Å². The highest BCUT2D eigenvalue weighted by Crippen LogP contribution is 2.34. The Hall–Kier alpha value is -2.04. The molecule has 0 aromatic heterocycles. The number of hydrogen-bond donors (Lipinski definition) is 1. The van der Waals surface area contributed by atoms with Crippen molar-refractivity contribution in [2.24, 2.45) is 0 Å². The Kier molecular flexibility index (Phi) is 3.74. The van der Waals surface area contributed by atoms with Gasteiger partial charge in [-0.05, 0) is 37.5 Å². The summed E-state index contributed by atoms with van der Waals surface area (Å²) in [4.78, 5) is 23.8. The molecule has 0 bridgehead atoms. The Bertz CT molecular complexity index is 512. The fourth-order valence-electron chi connectivity index (χ4n) is 2.16. The Morgan fingerprint density at radius 3 is 2.89 bits per heavy atom. The number of amides is 1. The molecule has 1 atom stereocenters. The Balaban J connectivity index is 2.13. The molecule has 1 unspecified atom stereocenters. The predicted molar refractivity (Wildman–Crippen MR) is 70.5 cm³/mol. The number of carboxylic acids is 1. The van der Waals surface area contributed by atoms with Gasteiger partial charge >= 0.3 is 5.97 Å². The zero-order valence-corrected chi connectivity index (χ0v) is 11.0. The first-order chi connectivity index (χ1) is 8.99. The number of likely N-dealkylation sites (N-methyl/N-ethyl adjacent to an activating group) is 1. The third kappa shape index (κ3) is 2.86. The lowest BCUT2D eigenvalue weighted by Gasteiger charge is -2.30. The van der Waals surface area contributed by atoms with E-state index in [1.54, 1.807) is 18.9 Å². The second-order valence-corrected chi connectivity index (χ2v) is 4.71. The number of nitrogens with zero attached hydrogens (tertiary/aromatic N) is 1. The zero-order valence-electron chi connectivity index (χ0n) is 11.0. The predicted octanol–water partition coefficient (Wildman–Crippen LogP) is 1.84. The summed E-state index contributed by atoms with van der Waals surface area (Å²) in [7, 11) is 1.73. The van der Waals surface area contributed by atoms with E-state index in [4.69, 9.17) is 9.84 Å². The van der Waals surface area contributed by atoms with Crippen LogP contribution in [0.3, 0.4) is 0 Å². The minimum absolute atomic E-state index is 0.0638. The highest BCUT2D eigenvalue weighted by Gasteiger charge is 2.28. The molecule has 1 amide bonds. The van der Waals surface area contributed by atoms with Crippen LogP contribution in [0.15, 0.2) is 18.2 Å². The molecule has 0 aliphatic carbocycles. The van der Waals surface area contributed by atoms with Crippen molar-refractivity contribution in [3.05, 3.63) is 23.8 Å². The molecule has 1 N–H and O–H groups in total. The molecule has 0 saturated heterocycles. The number of carbonyl (C=O) groups excluding carboxylic acids is 1. The van der Waals surface area contributed by atoms with Gasteiger partial charge in [-0.3, -0.25) is 9.59 Å². The monoisotopic (exact) mass is 263 g/mol. The van der Waals surface area contributed by atoms with Crippen LogP contribution in [0.4, 0.5) is 5.69 Å². The zero-order chi connectivity index (χ0) is 14.0. The first kappa shape index (κ1) is 13.4. The number of aliphatic carboxylic acids is 1. The van der Waals surface area contributed by atoms with E-state index < -0.39 is 12.1 Å². The average Bonchev–Trinajstić information content (AvgIpc) is 2.35. The lowest BCUT2D eigenvalue weighted by atomic mass is 10.1. The molecular weight excluding hydrogens is 246 g/mol. The van der Waals surface area contributed by atoms with Gasteiger partial charge in [-0.2, -0.15) is 0 Å². The standard InChI is InChI=1S/C14H17NO4/c1-9-14(18)15(2)11-7-6-10(8-12(11)19-9)4-3-5-13(16)17/h6-9H,3-5H2,1-2H3,(H,16,17). The van der Waals surface area contributed by atoms with Gasteiger partial charge in [-0.25, -0.2) is 0 Å². The number of rotatable bonds is 4. The van der Waals surface area contributed by atoms with Crippen LogP contribution in [0.5, 0.6) is 5.75 Å². The molecule has 102 valence electrons. The number of benzene rings is 1. The molecule has 5 nitrogen and oxygen atoms in total. The topological polar surface area (TPSA) is 66.8 Å². The summed E-state index contributed by atoms with van der Waals surface area (Å²) in [6.45, 7) is 1.72. The summed E-state index contributed by atoms with van der Waals surface area (Å²) >= 11 is 0. The van der Waals surface area contributed by atoms with Crippen LogP contribution in [0, 0.1) is 0 Å². The summed E-state index contributed by atoms with van der Waals surface area (Å²) < 4.78 is 5.58. The van der Waals surface area contributed by atoms with Crippen LogP contribution in [-0.4, -0.2) is 30.1 Å². The Labute approximate surface area is 111 Å². The van der Waals surface area contributed by atoms with Crippen molar-refractivity contribution in [1.29, 1.82) is 0 Å². The van der Waals surface area contributed by atoms with Gasteiger partial charge in [0.25, 0.3) is 5.91 Å². The van der Waals surface area contributed by atoms with Crippen molar-refractivity contribution in [3.8, 4) is 5.75 Å². The van der Waals surface area contributed by atoms with E-state index in [0.717, 1.165) is 11.3 Å². The van der Waals surface area contributed by atoms with Crippen LogP contribution >= 0.6 is 0 Å². The fourth-order valence-corrected chi connectivity index (χ4v) is 2.16. The average molecular weight is 263 g/mol. The molecule has 0 spiro atoms. The first-order valence-electron chi connectivity index (χ1n) is 6.28. The molecule has 1 aliphatic rings. The van der Waals surface area contributed by atoms with Crippen molar-refractivity contribution in [2.45, 2.75) is 32.3 Å². The highest BCUT2D eigenvalue weighted by molar-refractivity contribution is 5.99. The number of anilines is 1. The first-order valence-corrected chi connectivity index (χ1v) is 6.28. The van der Waals surface area contributed by atoms with E-state index in [9.17, 15) is 9.59 Å². The maximum Gasteiger partial charge on any atom is 0.303 e. The second-order valence-electron chi connectivity index (χ2n) is 4.71. The lowest BCUT2D eigenvalue weighted by molar-refractivity contribution is -0.137. The molecule has 0 radical (unpaired) electrons. The van der Waals surface area contributed by atoms with Crippen molar-refractivity contribution in [1.82, 2.24) is 0 Å². The molecule has 1 heterocycles. The SMILES string of the molecule is CC1Oc2cc(CCCC(=O)O)ccc2N(C)C1=O. The van der Waals surface area contributed by atoms with Gasteiger partial charge in [-0.1, -0.05) is 6.07 Å². The lowest BCUT2D eigenvalue weighted by Crippen LogP contribution is -2.41. The van der Waals surface area contributed by atoms with Gasteiger partial charge in [0, 0.05) is 13.5 Å². The van der Waals surface area contributed by atoms with Crippen LogP contribution in [0.2, 0.25) is 0 Å². The van der Waals surface area contributed by atoms with Crippen molar-refractivity contribution < 1.29 is 19.4 Å². The van der Waals surface area contributed by atoms with E-state index in [1.165, 1.54) is 0 Å². The summed E-state index contributed by atoms with van der Waals surface area (Å²) in [5.74, 6) is -0.165. The van der Waals surface area contributed by atoms with Gasteiger partial charge in [0.2, 0.25) is 0 Å². The van der Waals surface area contributed by atoms with E-state index in [1.807, 2.05) is 18.2 Å². The van der Waals surface area contributed by atoms with E-state index in [2.05, 4.69) is 0 Å². The number of carboxylic acid groups (broad SMARTS) is 1. The van der Waals surface area contributed by atoms with E-state index in [-0.39, 0.29) is 12.3 Å². The summed E-state index contributed by atoms with van der Waals surface area (Å²) in [6, 6.07) is 5.63. The molecule has 2 rings (SSSR count). The molecule has 1 aromatic rings. The van der Waals surface area contributed by atoms with Gasteiger partial charge in [0.1, 0.15) is 5.75 Å². The van der Waals surface area contributed by atoms with Crippen molar-refractivity contribution in [3.63, 3.8) is 0 Å². The number of ether oxygens (including phenoxy) is 1. The number of carbonyl (C=O) groups is 2. The van der Waals surface area contributed by atoms with Crippen molar-refractivity contribution in [2.75, 3.05) is 11.9 Å². The van der Waals surface area contributed by atoms with Crippen LogP contribution < -0.4 is 9.64 Å². The van der Waals surface area contributed by atoms with Crippen LogP contribution in [0.25, 0.3) is 0 Å². The molecule has 0 saturated carbocycles. The maximum atomic E-state index is 11.8. The fraction of sp³-hybridized carbons (Fsp3) is 0.429. The molecule has 1 aromatic carbocycles. The minimum atomic E-state index is -0.784. The van der Waals surface area contributed by atoms with Crippen LogP contribution in [0.1, 0.15) is 25.3 Å². The summed E-state index contributed by atoms with van der Waals surface area (Å²) in [5, 5.41) is 8.61. The maximum absolute atomic E-state index is 11.8. The molecule has 1 aliphatic heterocycles. The number of aryl methyl sites for hydroxylation is 1. The van der Waals surface area contributed by atoms with Gasteiger partial charge in [0.05, 0.1) is 5.69 Å². The summed E-state index contributed by atoms with van der Waals surface area (Å²) in [6.07, 6.45) is 0.965. The quantitative estimate of drug-likeness (QED) is 0.900. The molecular formula is C14H17NO4. The largest absolute Gasteiger partial charge is 0.481 e. The number of fused-ring (bicyclic) bond motifs is 1. The van der Waals surface area contributed by atoms with Crippen molar-refractivity contribution >= 4 is 17.6 Å². The van der Waals surface area contributed by atoms with Gasteiger partial charge in [-0.15, -0.1) is 0 Å². The third-order valence-corrected chi connectivity index (χ3v) is 3.22. The highest BCUT2D eigenvalue weighted by atomic mass is 16.5. The second kappa shape index (κ2) is 5.30. The van der Waals surface area contributed by atoms with Gasteiger partial charge < -0.3 is 14.7 Å².